The molecule has 3 rings (SSSR count). The van der Waals surface area contributed by atoms with Crippen molar-refractivity contribution in [1.29, 1.82) is 0 Å². The van der Waals surface area contributed by atoms with Crippen LogP contribution in [-0.4, -0.2) is 9.38 Å². The van der Waals surface area contributed by atoms with E-state index in [1.165, 1.54) is 12.1 Å². The molecule has 0 unspecified atom stereocenters. The Morgan fingerprint density at radius 2 is 1.74 bits per heavy atom. The maximum absolute atomic E-state index is 12.8. The van der Waals surface area contributed by atoms with Crippen molar-refractivity contribution < 1.29 is 4.39 Å². The smallest absolute Gasteiger partial charge is 0.137 e. The highest BCUT2D eigenvalue weighted by molar-refractivity contribution is 5.42. The van der Waals surface area contributed by atoms with Crippen LogP contribution in [-0.2, 0) is 13.0 Å². The lowest BCUT2D eigenvalue weighted by Crippen LogP contribution is -1.97. The number of aromatic nitrogens is 2. The Morgan fingerprint density at radius 1 is 1.00 bits per heavy atom. The number of fused-ring (bicyclic) bond motifs is 1. The van der Waals surface area contributed by atoms with Gasteiger partial charge in [0.1, 0.15) is 11.5 Å². The number of imidazole rings is 1. The quantitative estimate of drug-likeness (QED) is 0.781. The van der Waals surface area contributed by atoms with Gasteiger partial charge in [-0.25, -0.2) is 9.37 Å². The SMILES string of the molecule is NCc1ccc2nc(Cc3ccc(F)cc3)cn2c1. The summed E-state index contributed by atoms with van der Waals surface area (Å²) in [5.41, 5.74) is 9.59. The van der Waals surface area contributed by atoms with Crippen LogP contribution in [0.1, 0.15) is 16.8 Å². The number of hydrogen-bond acceptors (Lipinski definition) is 2. The molecule has 0 saturated carbocycles. The molecule has 96 valence electrons. The van der Waals surface area contributed by atoms with Crippen molar-refractivity contribution in [2.24, 2.45) is 5.73 Å². The van der Waals surface area contributed by atoms with Gasteiger partial charge in [-0.1, -0.05) is 18.2 Å². The molecule has 0 radical (unpaired) electrons. The Kier molecular flexibility index (Phi) is 3.01. The molecule has 0 fully saturated rings. The van der Waals surface area contributed by atoms with Crippen LogP contribution >= 0.6 is 0 Å². The lowest BCUT2D eigenvalue weighted by Gasteiger charge is -1.97. The first kappa shape index (κ1) is 11.9. The van der Waals surface area contributed by atoms with Gasteiger partial charge in [0.05, 0.1) is 5.69 Å². The van der Waals surface area contributed by atoms with Gasteiger partial charge in [0.25, 0.3) is 0 Å². The number of nitrogens with two attached hydrogens (primary N) is 1. The summed E-state index contributed by atoms with van der Waals surface area (Å²) in [5, 5.41) is 0. The molecule has 4 heteroatoms. The van der Waals surface area contributed by atoms with Gasteiger partial charge in [-0.2, -0.15) is 0 Å². The fourth-order valence-corrected chi connectivity index (χ4v) is 2.11. The topological polar surface area (TPSA) is 43.3 Å². The van der Waals surface area contributed by atoms with Gasteiger partial charge in [0.2, 0.25) is 0 Å². The molecule has 3 aromatic rings. The third-order valence-electron chi connectivity index (χ3n) is 3.10. The minimum Gasteiger partial charge on any atom is -0.326 e. The third kappa shape index (κ3) is 2.48. The third-order valence-corrected chi connectivity index (χ3v) is 3.10. The molecule has 0 aliphatic heterocycles. The van der Waals surface area contributed by atoms with Gasteiger partial charge >= 0.3 is 0 Å². The van der Waals surface area contributed by atoms with Crippen molar-refractivity contribution in [3.8, 4) is 0 Å². The lowest BCUT2D eigenvalue weighted by molar-refractivity contribution is 0.627. The number of nitrogens with zero attached hydrogens (tertiary/aromatic N) is 2. The second-order valence-electron chi connectivity index (χ2n) is 4.54. The molecule has 1 aromatic carbocycles. The fraction of sp³-hybridized carbons (Fsp3) is 0.133. The first-order chi connectivity index (χ1) is 9.24. The average molecular weight is 255 g/mol. The molecule has 0 spiro atoms. The summed E-state index contributed by atoms with van der Waals surface area (Å²) in [4.78, 5) is 4.53. The van der Waals surface area contributed by atoms with E-state index in [0.29, 0.717) is 13.0 Å². The Hall–Kier alpha value is -2.20. The Bertz CT molecular complexity index is 701. The maximum atomic E-state index is 12.8. The maximum Gasteiger partial charge on any atom is 0.137 e. The van der Waals surface area contributed by atoms with E-state index in [0.717, 1.165) is 22.5 Å². The van der Waals surface area contributed by atoms with Crippen LogP contribution in [0.4, 0.5) is 4.39 Å². The highest BCUT2D eigenvalue weighted by atomic mass is 19.1. The molecule has 2 aromatic heterocycles. The molecule has 0 bridgehead atoms. The van der Waals surface area contributed by atoms with Gasteiger partial charge < -0.3 is 10.1 Å². The zero-order valence-corrected chi connectivity index (χ0v) is 10.4. The number of rotatable bonds is 3. The number of hydrogen-bond donors (Lipinski definition) is 1. The second kappa shape index (κ2) is 4.82. The van der Waals surface area contributed by atoms with E-state index in [9.17, 15) is 4.39 Å². The lowest BCUT2D eigenvalue weighted by atomic mass is 10.1. The number of pyridine rings is 1. The highest BCUT2D eigenvalue weighted by Gasteiger charge is 2.03. The molecule has 19 heavy (non-hydrogen) atoms. The van der Waals surface area contributed by atoms with Crippen molar-refractivity contribution in [3.05, 3.63) is 71.4 Å². The van der Waals surface area contributed by atoms with Crippen molar-refractivity contribution >= 4 is 5.65 Å². The molecule has 3 nitrogen and oxygen atoms in total. The van der Waals surface area contributed by atoms with Crippen molar-refractivity contribution in [3.63, 3.8) is 0 Å². The van der Waals surface area contributed by atoms with Crippen molar-refractivity contribution in [2.45, 2.75) is 13.0 Å². The van der Waals surface area contributed by atoms with Gasteiger partial charge in [-0.15, -0.1) is 0 Å². The second-order valence-corrected chi connectivity index (χ2v) is 4.54. The first-order valence-electron chi connectivity index (χ1n) is 6.15. The number of benzene rings is 1. The predicted octanol–water partition coefficient (Wildman–Crippen LogP) is 2.52. The zero-order chi connectivity index (χ0) is 13.2. The molecule has 0 aliphatic carbocycles. The molecule has 2 N–H and O–H groups in total. The van der Waals surface area contributed by atoms with Crippen molar-refractivity contribution in [1.82, 2.24) is 9.38 Å². The highest BCUT2D eigenvalue weighted by Crippen LogP contribution is 2.12. The van der Waals surface area contributed by atoms with E-state index >= 15 is 0 Å². The van der Waals surface area contributed by atoms with Crippen LogP contribution in [0, 0.1) is 5.82 Å². The van der Waals surface area contributed by atoms with Crippen LogP contribution in [0.3, 0.4) is 0 Å². The summed E-state index contributed by atoms with van der Waals surface area (Å²) in [6, 6.07) is 10.4. The minimum atomic E-state index is -0.216. The van der Waals surface area contributed by atoms with E-state index in [2.05, 4.69) is 4.98 Å². The van der Waals surface area contributed by atoms with Gasteiger partial charge in [0.15, 0.2) is 0 Å². The van der Waals surface area contributed by atoms with Gasteiger partial charge in [-0.3, -0.25) is 0 Å². The predicted molar refractivity (Wildman–Crippen MR) is 72.3 cm³/mol. The van der Waals surface area contributed by atoms with Crippen molar-refractivity contribution in [2.75, 3.05) is 0 Å². The average Bonchev–Trinajstić information content (AvgIpc) is 2.82. The minimum absolute atomic E-state index is 0.216. The molecule has 0 atom stereocenters. The first-order valence-corrected chi connectivity index (χ1v) is 6.15. The summed E-state index contributed by atoms with van der Waals surface area (Å²) in [6.45, 7) is 0.515. The molecular formula is C15H14FN3. The molecule has 0 amide bonds. The van der Waals surface area contributed by atoms with Gasteiger partial charge in [0, 0.05) is 25.4 Å². The van der Waals surface area contributed by atoms with E-state index in [1.54, 1.807) is 12.1 Å². The van der Waals surface area contributed by atoms with E-state index < -0.39 is 0 Å². The zero-order valence-electron chi connectivity index (χ0n) is 10.4. The fourth-order valence-electron chi connectivity index (χ4n) is 2.11. The van der Waals surface area contributed by atoms with Gasteiger partial charge in [-0.05, 0) is 29.3 Å². The Morgan fingerprint density at radius 3 is 2.47 bits per heavy atom. The summed E-state index contributed by atoms with van der Waals surface area (Å²) in [6.07, 6.45) is 4.66. The molecular weight excluding hydrogens is 241 g/mol. The normalized spacial score (nSPS) is 11.1. The summed E-state index contributed by atoms with van der Waals surface area (Å²) < 4.78 is 14.8. The molecule has 0 saturated heterocycles. The largest absolute Gasteiger partial charge is 0.326 e. The van der Waals surface area contributed by atoms with Crippen LogP contribution in [0.2, 0.25) is 0 Å². The monoisotopic (exact) mass is 255 g/mol. The standard InChI is InChI=1S/C15H14FN3/c16-13-4-1-11(2-5-13)7-14-10-19-9-12(8-17)3-6-15(19)18-14/h1-6,9-10H,7-8,17H2. The van der Waals surface area contributed by atoms with Crippen LogP contribution in [0.15, 0.2) is 48.8 Å². The summed E-state index contributed by atoms with van der Waals surface area (Å²) in [7, 11) is 0. The van der Waals surface area contributed by atoms with Crippen LogP contribution in [0.25, 0.3) is 5.65 Å². The van der Waals surface area contributed by atoms with Crippen LogP contribution < -0.4 is 5.73 Å². The molecule has 2 heterocycles. The number of halogens is 1. The van der Waals surface area contributed by atoms with E-state index in [-0.39, 0.29) is 5.82 Å². The van der Waals surface area contributed by atoms with Crippen LogP contribution in [0.5, 0.6) is 0 Å². The Balaban J connectivity index is 1.90. The Labute approximate surface area is 110 Å². The summed E-state index contributed by atoms with van der Waals surface area (Å²) >= 11 is 0. The summed E-state index contributed by atoms with van der Waals surface area (Å²) in [5.74, 6) is -0.216. The molecule has 0 aliphatic rings. The van der Waals surface area contributed by atoms with E-state index in [1.807, 2.05) is 28.9 Å². The van der Waals surface area contributed by atoms with E-state index in [4.69, 9.17) is 5.73 Å².